The predicted octanol–water partition coefficient (Wildman–Crippen LogP) is 2.51. The second kappa shape index (κ2) is 3.31. The third-order valence-corrected chi connectivity index (χ3v) is 3.85. The molecule has 2 atom stereocenters. The Morgan fingerprint density at radius 3 is 2.33 bits per heavy atom. The molecular formula is C16H12O2. The van der Waals surface area contributed by atoms with Crippen LogP contribution >= 0.6 is 0 Å². The van der Waals surface area contributed by atoms with Crippen LogP contribution in [0.25, 0.3) is 16.7 Å². The number of aliphatic hydroxyl groups excluding tert-OH is 2. The van der Waals surface area contributed by atoms with E-state index in [1.54, 1.807) is 6.08 Å². The second-order valence-corrected chi connectivity index (χ2v) is 4.83. The molecule has 2 aliphatic rings. The van der Waals surface area contributed by atoms with Gasteiger partial charge in [-0.3, -0.25) is 0 Å². The largest absolute Gasteiger partial charge is 0.386 e. The Labute approximate surface area is 105 Å². The van der Waals surface area contributed by atoms with Gasteiger partial charge in [-0.05, 0) is 39.5 Å². The van der Waals surface area contributed by atoms with E-state index in [4.69, 9.17) is 0 Å². The van der Waals surface area contributed by atoms with Crippen molar-refractivity contribution in [3.8, 4) is 11.1 Å². The van der Waals surface area contributed by atoms with E-state index in [2.05, 4.69) is 18.2 Å². The Bertz CT molecular complexity index is 685. The summed E-state index contributed by atoms with van der Waals surface area (Å²) < 4.78 is 0. The summed E-state index contributed by atoms with van der Waals surface area (Å²) in [7, 11) is 0. The monoisotopic (exact) mass is 236 g/mol. The predicted molar refractivity (Wildman–Crippen MR) is 69.9 cm³/mol. The molecule has 0 bridgehead atoms. The second-order valence-electron chi connectivity index (χ2n) is 4.83. The first kappa shape index (κ1) is 10.1. The molecular weight excluding hydrogens is 224 g/mol. The molecule has 0 saturated carbocycles. The summed E-state index contributed by atoms with van der Waals surface area (Å²) >= 11 is 0. The quantitative estimate of drug-likeness (QED) is 0.629. The minimum atomic E-state index is -0.825. The van der Waals surface area contributed by atoms with Gasteiger partial charge in [-0.2, -0.15) is 0 Å². The maximum Gasteiger partial charge on any atom is 0.109 e. The third kappa shape index (κ3) is 1.09. The lowest BCUT2D eigenvalue weighted by atomic mass is 9.87. The van der Waals surface area contributed by atoms with E-state index >= 15 is 0 Å². The zero-order chi connectivity index (χ0) is 12.3. The molecule has 0 heterocycles. The van der Waals surface area contributed by atoms with Crippen LogP contribution in [-0.2, 0) is 0 Å². The topological polar surface area (TPSA) is 40.5 Å². The first-order valence-electron chi connectivity index (χ1n) is 6.08. The number of benzene rings is 2. The Balaban J connectivity index is 2.14. The van der Waals surface area contributed by atoms with Crippen LogP contribution in [0.4, 0.5) is 0 Å². The molecule has 0 aliphatic heterocycles. The molecule has 2 aromatic carbocycles. The Hall–Kier alpha value is -1.90. The maximum absolute atomic E-state index is 10.1. The third-order valence-electron chi connectivity index (χ3n) is 3.85. The fourth-order valence-electron chi connectivity index (χ4n) is 3.05. The van der Waals surface area contributed by atoms with Crippen molar-refractivity contribution in [2.75, 3.05) is 0 Å². The number of hydrogen-bond donors (Lipinski definition) is 2. The van der Waals surface area contributed by atoms with Crippen molar-refractivity contribution in [1.29, 1.82) is 0 Å². The first-order valence-corrected chi connectivity index (χ1v) is 6.08. The van der Waals surface area contributed by atoms with Gasteiger partial charge in [0.25, 0.3) is 0 Å². The number of rotatable bonds is 0. The molecule has 4 rings (SSSR count). The normalized spacial score (nSPS) is 23.3. The van der Waals surface area contributed by atoms with E-state index in [0.29, 0.717) is 0 Å². The zero-order valence-corrected chi connectivity index (χ0v) is 9.67. The molecule has 0 unspecified atom stereocenters. The molecule has 18 heavy (non-hydrogen) atoms. The summed E-state index contributed by atoms with van der Waals surface area (Å²) in [6, 6.07) is 14.1. The Morgan fingerprint density at radius 2 is 1.50 bits per heavy atom. The summed E-state index contributed by atoms with van der Waals surface area (Å²) in [5.74, 6) is 0. The smallest absolute Gasteiger partial charge is 0.109 e. The summed E-state index contributed by atoms with van der Waals surface area (Å²) in [4.78, 5) is 0. The van der Waals surface area contributed by atoms with Crippen molar-refractivity contribution in [3.63, 3.8) is 0 Å². The van der Waals surface area contributed by atoms with E-state index in [1.807, 2.05) is 24.3 Å². The molecule has 0 saturated heterocycles. The molecule has 2 N–H and O–H groups in total. The van der Waals surface area contributed by atoms with Gasteiger partial charge >= 0.3 is 0 Å². The molecule has 0 amide bonds. The SMILES string of the molecule is O[C@H]1C=C2c3ccccc3-c3cccc(c32)[C@@H]1O. The van der Waals surface area contributed by atoms with E-state index in [9.17, 15) is 10.2 Å². The van der Waals surface area contributed by atoms with E-state index < -0.39 is 12.2 Å². The molecule has 2 nitrogen and oxygen atoms in total. The minimum Gasteiger partial charge on any atom is -0.386 e. The molecule has 2 aliphatic carbocycles. The van der Waals surface area contributed by atoms with Gasteiger partial charge in [0.2, 0.25) is 0 Å². The Morgan fingerprint density at radius 1 is 0.778 bits per heavy atom. The van der Waals surface area contributed by atoms with Gasteiger partial charge in [0.15, 0.2) is 0 Å². The molecule has 88 valence electrons. The average Bonchev–Trinajstić information content (AvgIpc) is 2.72. The summed E-state index contributed by atoms with van der Waals surface area (Å²) in [5, 5.41) is 20.0. The maximum atomic E-state index is 10.1. The van der Waals surface area contributed by atoms with Crippen molar-refractivity contribution in [2.45, 2.75) is 12.2 Å². The van der Waals surface area contributed by atoms with Crippen LogP contribution in [0, 0.1) is 0 Å². The van der Waals surface area contributed by atoms with Gasteiger partial charge in [0.05, 0.1) is 0 Å². The molecule has 0 spiro atoms. The lowest BCUT2D eigenvalue weighted by molar-refractivity contribution is 0.0467. The van der Waals surface area contributed by atoms with Gasteiger partial charge in [-0.1, -0.05) is 42.5 Å². The van der Waals surface area contributed by atoms with E-state index in [1.165, 1.54) is 5.56 Å². The zero-order valence-electron chi connectivity index (χ0n) is 9.67. The molecule has 0 fully saturated rings. The van der Waals surface area contributed by atoms with Crippen LogP contribution in [0.3, 0.4) is 0 Å². The molecule has 0 radical (unpaired) electrons. The van der Waals surface area contributed by atoms with Gasteiger partial charge in [-0.15, -0.1) is 0 Å². The fraction of sp³-hybridized carbons (Fsp3) is 0.125. The number of fused-ring (bicyclic) bond motifs is 3. The molecule has 0 aromatic heterocycles. The van der Waals surface area contributed by atoms with Crippen LogP contribution in [0.1, 0.15) is 22.8 Å². The van der Waals surface area contributed by atoms with Gasteiger partial charge in [0.1, 0.15) is 12.2 Å². The van der Waals surface area contributed by atoms with Crippen LogP contribution in [0.2, 0.25) is 0 Å². The van der Waals surface area contributed by atoms with Crippen LogP contribution < -0.4 is 0 Å². The molecule has 2 heteroatoms. The number of aliphatic hydroxyl groups is 2. The highest BCUT2D eigenvalue weighted by Crippen LogP contribution is 2.49. The lowest BCUT2D eigenvalue weighted by Crippen LogP contribution is -2.20. The Kier molecular flexibility index (Phi) is 1.85. The highest BCUT2D eigenvalue weighted by atomic mass is 16.3. The van der Waals surface area contributed by atoms with E-state index in [0.717, 1.165) is 27.8 Å². The van der Waals surface area contributed by atoms with Gasteiger partial charge < -0.3 is 10.2 Å². The van der Waals surface area contributed by atoms with Crippen LogP contribution in [-0.4, -0.2) is 16.3 Å². The van der Waals surface area contributed by atoms with Crippen LogP contribution in [0.5, 0.6) is 0 Å². The fourth-order valence-corrected chi connectivity index (χ4v) is 3.05. The van der Waals surface area contributed by atoms with Crippen LogP contribution in [0.15, 0.2) is 48.5 Å². The highest BCUT2D eigenvalue weighted by Gasteiger charge is 2.33. The summed E-state index contributed by atoms with van der Waals surface area (Å²) in [5.41, 5.74) is 6.44. The van der Waals surface area contributed by atoms with Crippen molar-refractivity contribution in [1.82, 2.24) is 0 Å². The first-order chi connectivity index (χ1) is 8.77. The summed E-state index contributed by atoms with van der Waals surface area (Å²) in [6.07, 6.45) is 0.120. The average molecular weight is 236 g/mol. The van der Waals surface area contributed by atoms with Crippen molar-refractivity contribution < 1.29 is 10.2 Å². The lowest BCUT2D eigenvalue weighted by Gasteiger charge is -2.24. The molecule has 2 aromatic rings. The van der Waals surface area contributed by atoms with Crippen molar-refractivity contribution >= 4 is 5.57 Å². The van der Waals surface area contributed by atoms with Gasteiger partial charge in [-0.25, -0.2) is 0 Å². The minimum absolute atomic E-state index is 0.821. The standard InChI is InChI=1S/C16H12O2/c17-14-8-13-10-5-2-1-4-9(10)11-6-3-7-12(15(11)13)16(14)18/h1-8,14,16-18H/t14-,16-/m0/s1. The number of hydrogen-bond acceptors (Lipinski definition) is 2. The van der Waals surface area contributed by atoms with E-state index in [-0.39, 0.29) is 0 Å². The highest BCUT2D eigenvalue weighted by molar-refractivity contribution is 6.03. The van der Waals surface area contributed by atoms with Gasteiger partial charge in [0, 0.05) is 0 Å². The van der Waals surface area contributed by atoms with Crippen molar-refractivity contribution in [3.05, 3.63) is 65.2 Å². The summed E-state index contributed by atoms with van der Waals surface area (Å²) in [6.45, 7) is 0. The van der Waals surface area contributed by atoms with Crippen molar-refractivity contribution in [2.24, 2.45) is 0 Å².